The molecule has 2 heterocycles. The molecule has 1 aliphatic rings. The van der Waals surface area contributed by atoms with Crippen LogP contribution in [-0.2, 0) is 11.3 Å². The molecule has 0 aliphatic carbocycles. The van der Waals surface area contributed by atoms with E-state index in [0.29, 0.717) is 12.6 Å². The van der Waals surface area contributed by atoms with Crippen molar-refractivity contribution in [2.45, 2.75) is 19.0 Å². The third kappa shape index (κ3) is 2.27. The van der Waals surface area contributed by atoms with Crippen LogP contribution >= 0.6 is 0 Å². The Kier molecular flexibility index (Phi) is 3.18. The third-order valence-corrected chi connectivity index (χ3v) is 2.82. The fourth-order valence-corrected chi connectivity index (χ4v) is 1.79. The minimum absolute atomic E-state index is 0.450. The molecule has 1 saturated heterocycles. The number of hydrogen-bond donors (Lipinski definition) is 1. The summed E-state index contributed by atoms with van der Waals surface area (Å²) in [5.41, 5.74) is 6.50. The Balaban J connectivity index is 2.13. The predicted octanol–water partition coefficient (Wildman–Crippen LogP) is 0.765. The number of aromatic nitrogens is 1. The zero-order valence-electron chi connectivity index (χ0n) is 9.02. The lowest BCUT2D eigenvalue weighted by Crippen LogP contribution is -2.32. The number of nitrogens with two attached hydrogens (primary N) is 1. The zero-order valence-corrected chi connectivity index (χ0v) is 9.02. The summed E-state index contributed by atoms with van der Waals surface area (Å²) >= 11 is 0. The van der Waals surface area contributed by atoms with Crippen molar-refractivity contribution in [2.75, 3.05) is 25.2 Å². The van der Waals surface area contributed by atoms with Gasteiger partial charge in [-0.3, -0.25) is 0 Å². The third-order valence-electron chi connectivity index (χ3n) is 2.82. The highest BCUT2D eigenvalue weighted by Crippen LogP contribution is 2.18. The molecule has 0 amide bonds. The highest BCUT2D eigenvalue weighted by atomic mass is 16.5. The molecule has 1 aliphatic heterocycles. The maximum atomic E-state index is 5.57. The van der Waals surface area contributed by atoms with Gasteiger partial charge in [-0.15, -0.1) is 0 Å². The Morgan fingerprint density at radius 1 is 1.60 bits per heavy atom. The van der Waals surface area contributed by atoms with Gasteiger partial charge >= 0.3 is 0 Å². The van der Waals surface area contributed by atoms with Gasteiger partial charge in [-0.25, -0.2) is 4.98 Å². The van der Waals surface area contributed by atoms with Crippen LogP contribution in [0.15, 0.2) is 18.2 Å². The Morgan fingerprint density at radius 3 is 3.13 bits per heavy atom. The fourth-order valence-electron chi connectivity index (χ4n) is 1.79. The number of likely N-dealkylation sites (N-methyl/N-ethyl adjacent to an activating group) is 1. The van der Waals surface area contributed by atoms with Gasteiger partial charge in [-0.05, 0) is 18.6 Å². The molecule has 0 aromatic carbocycles. The van der Waals surface area contributed by atoms with Crippen molar-refractivity contribution in [3.63, 3.8) is 0 Å². The maximum absolute atomic E-state index is 5.57. The van der Waals surface area contributed by atoms with Crippen molar-refractivity contribution in [2.24, 2.45) is 5.73 Å². The summed E-state index contributed by atoms with van der Waals surface area (Å²) in [5, 5.41) is 0. The van der Waals surface area contributed by atoms with Crippen molar-refractivity contribution >= 4 is 5.82 Å². The van der Waals surface area contributed by atoms with Crippen molar-refractivity contribution < 1.29 is 4.74 Å². The molecule has 1 fully saturated rings. The molecular formula is C11H17N3O. The van der Waals surface area contributed by atoms with Gasteiger partial charge in [0, 0.05) is 20.2 Å². The van der Waals surface area contributed by atoms with Crippen LogP contribution < -0.4 is 10.6 Å². The second kappa shape index (κ2) is 4.59. The number of ether oxygens (including phenoxy) is 1. The van der Waals surface area contributed by atoms with E-state index in [1.807, 2.05) is 18.2 Å². The average molecular weight is 207 g/mol. The van der Waals surface area contributed by atoms with E-state index in [9.17, 15) is 0 Å². The highest BCUT2D eigenvalue weighted by Gasteiger charge is 2.21. The van der Waals surface area contributed by atoms with Crippen molar-refractivity contribution in [3.05, 3.63) is 23.9 Å². The van der Waals surface area contributed by atoms with Crippen molar-refractivity contribution in [1.82, 2.24) is 4.98 Å². The first-order valence-corrected chi connectivity index (χ1v) is 5.28. The van der Waals surface area contributed by atoms with Crippen molar-refractivity contribution in [1.29, 1.82) is 0 Å². The summed E-state index contributed by atoms with van der Waals surface area (Å²) in [6.45, 7) is 2.14. The van der Waals surface area contributed by atoms with Gasteiger partial charge in [-0.2, -0.15) is 0 Å². The summed E-state index contributed by atoms with van der Waals surface area (Å²) in [6, 6.07) is 6.40. The second-order valence-corrected chi connectivity index (χ2v) is 3.82. The van der Waals surface area contributed by atoms with Crippen LogP contribution in [0.2, 0.25) is 0 Å². The lowest BCUT2D eigenvalue weighted by molar-refractivity contribution is 0.193. The molecule has 0 spiro atoms. The molecule has 4 heteroatoms. The Morgan fingerprint density at radius 2 is 2.47 bits per heavy atom. The van der Waals surface area contributed by atoms with E-state index in [1.165, 1.54) is 0 Å². The quantitative estimate of drug-likeness (QED) is 0.795. The molecule has 1 atom stereocenters. The first-order chi connectivity index (χ1) is 7.31. The van der Waals surface area contributed by atoms with Gasteiger partial charge in [0.1, 0.15) is 5.82 Å². The van der Waals surface area contributed by atoms with Gasteiger partial charge in [0.15, 0.2) is 0 Å². The monoisotopic (exact) mass is 207 g/mol. The number of hydrogen-bond acceptors (Lipinski definition) is 4. The van der Waals surface area contributed by atoms with Crippen LogP contribution in [0.25, 0.3) is 0 Å². The van der Waals surface area contributed by atoms with Crippen molar-refractivity contribution in [3.8, 4) is 0 Å². The molecule has 15 heavy (non-hydrogen) atoms. The fraction of sp³-hybridized carbons (Fsp3) is 0.545. The van der Waals surface area contributed by atoms with E-state index in [1.54, 1.807) is 0 Å². The van der Waals surface area contributed by atoms with E-state index in [4.69, 9.17) is 10.5 Å². The first kappa shape index (κ1) is 10.4. The van der Waals surface area contributed by atoms with Gasteiger partial charge in [0.2, 0.25) is 0 Å². The number of anilines is 1. The highest BCUT2D eigenvalue weighted by molar-refractivity contribution is 5.39. The van der Waals surface area contributed by atoms with Crippen LogP contribution in [0.4, 0.5) is 5.82 Å². The zero-order chi connectivity index (χ0) is 10.7. The molecule has 1 aromatic heterocycles. The van der Waals surface area contributed by atoms with Crippen LogP contribution in [-0.4, -0.2) is 31.3 Å². The van der Waals surface area contributed by atoms with Crippen LogP contribution in [0.3, 0.4) is 0 Å². The molecule has 2 rings (SSSR count). The Labute approximate surface area is 90.0 Å². The summed E-state index contributed by atoms with van der Waals surface area (Å²) in [6.07, 6.45) is 1.07. The van der Waals surface area contributed by atoms with Gasteiger partial charge in [0.05, 0.1) is 18.3 Å². The standard InChI is InChI=1S/C11H17N3O/c1-14(10-5-6-15-8-10)11-4-2-3-9(7-12)13-11/h2-4,10H,5-8,12H2,1H3. The van der Waals surface area contributed by atoms with E-state index in [2.05, 4.69) is 16.9 Å². The van der Waals surface area contributed by atoms with Crippen LogP contribution in [0.5, 0.6) is 0 Å². The van der Waals surface area contributed by atoms with E-state index in [0.717, 1.165) is 31.1 Å². The SMILES string of the molecule is CN(c1cccc(CN)n1)C1CCOC1. The normalized spacial score (nSPS) is 20.5. The van der Waals surface area contributed by atoms with Crippen LogP contribution in [0.1, 0.15) is 12.1 Å². The van der Waals surface area contributed by atoms with Gasteiger partial charge in [0.25, 0.3) is 0 Å². The Bertz CT molecular complexity index is 323. The second-order valence-electron chi connectivity index (χ2n) is 3.82. The lowest BCUT2D eigenvalue weighted by Gasteiger charge is -2.24. The summed E-state index contributed by atoms with van der Waals surface area (Å²) in [7, 11) is 2.06. The number of pyridine rings is 1. The Hall–Kier alpha value is -1.13. The smallest absolute Gasteiger partial charge is 0.128 e. The largest absolute Gasteiger partial charge is 0.379 e. The topological polar surface area (TPSA) is 51.4 Å². The minimum Gasteiger partial charge on any atom is -0.379 e. The first-order valence-electron chi connectivity index (χ1n) is 5.28. The van der Waals surface area contributed by atoms with Crippen LogP contribution in [0, 0.1) is 0 Å². The summed E-state index contributed by atoms with van der Waals surface area (Å²) in [4.78, 5) is 6.65. The lowest BCUT2D eigenvalue weighted by atomic mass is 10.2. The van der Waals surface area contributed by atoms with Gasteiger partial charge in [-0.1, -0.05) is 6.07 Å². The molecule has 0 bridgehead atoms. The van der Waals surface area contributed by atoms with E-state index >= 15 is 0 Å². The number of nitrogens with zero attached hydrogens (tertiary/aromatic N) is 2. The minimum atomic E-state index is 0.450. The molecule has 4 nitrogen and oxygen atoms in total. The molecule has 0 saturated carbocycles. The van der Waals surface area contributed by atoms with Gasteiger partial charge < -0.3 is 15.4 Å². The van der Waals surface area contributed by atoms with E-state index in [-0.39, 0.29) is 0 Å². The molecule has 1 unspecified atom stereocenters. The molecule has 1 aromatic rings. The molecule has 82 valence electrons. The predicted molar refractivity (Wildman–Crippen MR) is 59.8 cm³/mol. The summed E-state index contributed by atoms with van der Waals surface area (Å²) in [5.74, 6) is 0.980. The maximum Gasteiger partial charge on any atom is 0.128 e. The molecular weight excluding hydrogens is 190 g/mol. The molecule has 2 N–H and O–H groups in total. The average Bonchev–Trinajstić information content (AvgIpc) is 2.81. The van der Waals surface area contributed by atoms with E-state index < -0.39 is 0 Å². The summed E-state index contributed by atoms with van der Waals surface area (Å²) < 4.78 is 5.36. The number of rotatable bonds is 3. The molecule has 0 radical (unpaired) electrons.